The van der Waals surface area contributed by atoms with E-state index in [1.165, 1.54) is 16.7 Å². The Balaban J connectivity index is 2.21. The Morgan fingerprint density at radius 3 is 2.62 bits per heavy atom. The zero-order valence-corrected chi connectivity index (χ0v) is 9.61. The van der Waals surface area contributed by atoms with Gasteiger partial charge in [-0.1, -0.05) is 48.1 Å². The summed E-state index contributed by atoms with van der Waals surface area (Å²) in [5, 5.41) is 0. The van der Waals surface area contributed by atoms with Crippen molar-refractivity contribution in [3.05, 3.63) is 71.0 Å². The van der Waals surface area contributed by atoms with E-state index in [0.717, 1.165) is 18.5 Å². The van der Waals surface area contributed by atoms with Crippen LogP contribution in [0.15, 0.2) is 65.4 Å². The van der Waals surface area contributed by atoms with E-state index in [9.17, 15) is 0 Å². The van der Waals surface area contributed by atoms with Crippen LogP contribution in [0.1, 0.15) is 18.9 Å². The van der Waals surface area contributed by atoms with Gasteiger partial charge in [0, 0.05) is 12.1 Å². The van der Waals surface area contributed by atoms with Crippen LogP contribution in [0.25, 0.3) is 0 Å². The quantitative estimate of drug-likeness (QED) is 0.797. The summed E-state index contributed by atoms with van der Waals surface area (Å²) in [5.74, 6) is 0. The Bertz CT molecular complexity index is 450. The lowest BCUT2D eigenvalue weighted by molar-refractivity contribution is 1.12. The molecule has 0 radical (unpaired) electrons. The molecule has 0 saturated carbocycles. The maximum Gasteiger partial charge on any atom is 0.0119 e. The number of allylic oxidation sites excluding steroid dienone is 5. The normalized spacial score (nSPS) is 15.9. The summed E-state index contributed by atoms with van der Waals surface area (Å²) in [5.41, 5.74) is 10.8. The van der Waals surface area contributed by atoms with Crippen LogP contribution in [0.5, 0.6) is 0 Å². The molecule has 0 aromatic heterocycles. The Morgan fingerprint density at radius 1 is 1.12 bits per heavy atom. The van der Waals surface area contributed by atoms with Gasteiger partial charge in [0.1, 0.15) is 0 Å². The van der Waals surface area contributed by atoms with Gasteiger partial charge in [0.25, 0.3) is 0 Å². The molecule has 16 heavy (non-hydrogen) atoms. The molecular formula is C15H17N. The van der Waals surface area contributed by atoms with Crippen molar-refractivity contribution in [3.8, 4) is 0 Å². The van der Waals surface area contributed by atoms with E-state index in [1.807, 2.05) is 12.1 Å². The first-order valence-electron chi connectivity index (χ1n) is 5.62. The Kier molecular flexibility index (Phi) is 3.25. The molecule has 0 spiro atoms. The smallest absolute Gasteiger partial charge is 0.0119 e. The van der Waals surface area contributed by atoms with Gasteiger partial charge in [-0.25, -0.2) is 0 Å². The lowest BCUT2D eigenvalue weighted by atomic mass is 9.99. The molecule has 0 unspecified atom stereocenters. The van der Waals surface area contributed by atoms with Crippen molar-refractivity contribution in [2.75, 3.05) is 0 Å². The minimum Gasteiger partial charge on any atom is -0.402 e. The highest BCUT2D eigenvalue weighted by atomic mass is 14.6. The standard InChI is InChI=1S/C15H17N/c1-12-7-9-15(16)10-8-14(12)11-13-5-3-2-4-6-13/h2-8,10H,9,11,16H2,1H3. The number of nitrogens with two attached hydrogens (primary N) is 1. The Hall–Kier alpha value is -1.76. The van der Waals surface area contributed by atoms with E-state index in [0.29, 0.717) is 0 Å². The van der Waals surface area contributed by atoms with Crippen molar-refractivity contribution in [1.29, 1.82) is 0 Å². The van der Waals surface area contributed by atoms with Crippen molar-refractivity contribution in [2.24, 2.45) is 5.73 Å². The summed E-state index contributed by atoms with van der Waals surface area (Å²) in [7, 11) is 0. The maximum absolute atomic E-state index is 5.82. The molecule has 1 nitrogen and oxygen atoms in total. The lowest BCUT2D eigenvalue weighted by Crippen LogP contribution is -1.93. The summed E-state index contributed by atoms with van der Waals surface area (Å²) in [6.07, 6.45) is 8.20. The molecule has 1 aromatic carbocycles. The monoisotopic (exact) mass is 211 g/mol. The molecule has 0 aliphatic heterocycles. The second kappa shape index (κ2) is 4.84. The van der Waals surface area contributed by atoms with Gasteiger partial charge in [-0.15, -0.1) is 0 Å². The fourth-order valence-corrected chi connectivity index (χ4v) is 1.82. The van der Waals surface area contributed by atoms with Gasteiger partial charge in [0.2, 0.25) is 0 Å². The molecular weight excluding hydrogens is 194 g/mol. The van der Waals surface area contributed by atoms with Crippen LogP contribution in [-0.2, 0) is 6.42 Å². The summed E-state index contributed by atoms with van der Waals surface area (Å²) < 4.78 is 0. The highest BCUT2D eigenvalue weighted by Crippen LogP contribution is 2.20. The number of rotatable bonds is 2. The second-order valence-electron chi connectivity index (χ2n) is 4.19. The van der Waals surface area contributed by atoms with Crippen LogP contribution < -0.4 is 5.73 Å². The molecule has 1 aliphatic rings. The highest BCUT2D eigenvalue weighted by Gasteiger charge is 2.04. The van der Waals surface area contributed by atoms with E-state index >= 15 is 0 Å². The van der Waals surface area contributed by atoms with E-state index in [-0.39, 0.29) is 0 Å². The first kappa shape index (κ1) is 10.7. The van der Waals surface area contributed by atoms with Crippen LogP contribution >= 0.6 is 0 Å². The van der Waals surface area contributed by atoms with E-state index in [4.69, 9.17) is 5.73 Å². The first-order chi connectivity index (χ1) is 7.75. The molecule has 0 heterocycles. The van der Waals surface area contributed by atoms with Gasteiger partial charge in [-0.2, -0.15) is 0 Å². The Labute approximate surface area is 97.0 Å². The van der Waals surface area contributed by atoms with E-state index < -0.39 is 0 Å². The highest BCUT2D eigenvalue weighted by molar-refractivity contribution is 5.40. The summed E-state index contributed by atoms with van der Waals surface area (Å²) in [4.78, 5) is 0. The molecule has 2 rings (SSSR count). The molecule has 0 amide bonds. The number of hydrogen-bond acceptors (Lipinski definition) is 1. The zero-order valence-electron chi connectivity index (χ0n) is 9.61. The van der Waals surface area contributed by atoms with Crippen molar-refractivity contribution in [1.82, 2.24) is 0 Å². The van der Waals surface area contributed by atoms with E-state index in [2.05, 4.69) is 43.3 Å². The van der Waals surface area contributed by atoms with Crippen LogP contribution in [-0.4, -0.2) is 0 Å². The average Bonchev–Trinajstić information content (AvgIpc) is 2.46. The average molecular weight is 211 g/mol. The minimum absolute atomic E-state index is 0.862. The lowest BCUT2D eigenvalue weighted by Gasteiger charge is -2.06. The summed E-state index contributed by atoms with van der Waals surface area (Å²) in [6.45, 7) is 2.15. The van der Waals surface area contributed by atoms with Gasteiger partial charge in [-0.3, -0.25) is 0 Å². The van der Waals surface area contributed by atoms with Gasteiger partial charge in [0.15, 0.2) is 0 Å². The third-order valence-electron chi connectivity index (χ3n) is 2.89. The van der Waals surface area contributed by atoms with Gasteiger partial charge in [0.05, 0.1) is 0 Å². The predicted molar refractivity (Wildman–Crippen MR) is 68.9 cm³/mol. The molecule has 0 bridgehead atoms. The number of hydrogen-bond donors (Lipinski definition) is 1. The predicted octanol–water partition coefficient (Wildman–Crippen LogP) is 3.35. The van der Waals surface area contributed by atoms with Gasteiger partial charge in [-0.05, 0) is 30.6 Å². The molecule has 0 saturated heterocycles. The Morgan fingerprint density at radius 2 is 1.88 bits per heavy atom. The van der Waals surface area contributed by atoms with Crippen molar-refractivity contribution >= 4 is 0 Å². The van der Waals surface area contributed by atoms with E-state index in [1.54, 1.807) is 0 Å². The molecule has 2 N–H and O–H groups in total. The summed E-state index contributed by atoms with van der Waals surface area (Å²) >= 11 is 0. The molecule has 1 heteroatoms. The molecule has 82 valence electrons. The first-order valence-corrected chi connectivity index (χ1v) is 5.62. The van der Waals surface area contributed by atoms with Crippen LogP contribution in [0.4, 0.5) is 0 Å². The summed E-state index contributed by atoms with van der Waals surface area (Å²) in [6, 6.07) is 10.5. The fourth-order valence-electron chi connectivity index (χ4n) is 1.82. The van der Waals surface area contributed by atoms with Crippen molar-refractivity contribution in [2.45, 2.75) is 19.8 Å². The number of benzene rings is 1. The zero-order chi connectivity index (χ0) is 11.4. The topological polar surface area (TPSA) is 26.0 Å². The third-order valence-corrected chi connectivity index (χ3v) is 2.89. The van der Waals surface area contributed by atoms with Crippen LogP contribution in [0, 0.1) is 0 Å². The van der Waals surface area contributed by atoms with Gasteiger partial charge < -0.3 is 5.73 Å². The van der Waals surface area contributed by atoms with Gasteiger partial charge >= 0.3 is 0 Å². The largest absolute Gasteiger partial charge is 0.402 e. The van der Waals surface area contributed by atoms with Crippen LogP contribution in [0.2, 0.25) is 0 Å². The molecule has 0 atom stereocenters. The van der Waals surface area contributed by atoms with Crippen LogP contribution in [0.3, 0.4) is 0 Å². The SMILES string of the molecule is CC1=CCC(N)=CC=C1Cc1ccccc1. The van der Waals surface area contributed by atoms with Crippen molar-refractivity contribution in [3.63, 3.8) is 0 Å². The minimum atomic E-state index is 0.862. The fraction of sp³-hybridized carbons (Fsp3) is 0.200. The van der Waals surface area contributed by atoms with Crippen molar-refractivity contribution < 1.29 is 0 Å². The molecule has 1 aromatic rings. The third kappa shape index (κ3) is 2.63. The second-order valence-corrected chi connectivity index (χ2v) is 4.19. The molecule has 0 fully saturated rings. The maximum atomic E-state index is 5.82. The molecule has 1 aliphatic carbocycles.